The van der Waals surface area contributed by atoms with Gasteiger partial charge in [-0.3, -0.25) is 9.69 Å². The molecule has 1 fully saturated rings. The molecule has 1 aliphatic heterocycles. The molecule has 0 spiro atoms. The minimum absolute atomic E-state index is 0.0551. The zero-order chi connectivity index (χ0) is 21.8. The molecule has 0 radical (unpaired) electrons. The van der Waals surface area contributed by atoms with Crippen LogP contribution in [0.3, 0.4) is 0 Å². The van der Waals surface area contributed by atoms with Crippen molar-refractivity contribution >= 4 is 56.5 Å². The van der Waals surface area contributed by atoms with E-state index in [0.717, 1.165) is 25.6 Å². The van der Waals surface area contributed by atoms with Gasteiger partial charge < -0.3 is 14.8 Å². The molecule has 6 nitrogen and oxygen atoms in total. The molecule has 3 amide bonds. The number of nitrogens with one attached hydrogen (secondary N) is 1. The van der Waals surface area contributed by atoms with Crippen LogP contribution in [-0.2, 0) is 11.3 Å². The highest BCUT2D eigenvalue weighted by Gasteiger charge is 2.33. The Labute approximate surface area is 197 Å². The molecular weight excluding hydrogens is 563 g/mol. The van der Waals surface area contributed by atoms with E-state index in [4.69, 9.17) is 9.47 Å². The average Bonchev–Trinajstić information content (AvgIpc) is 2.98. The summed E-state index contributed by atoms with van der Waals surface area (Å²) in [5.41, 5.74) is 1.83. The smallest absolute Gasteiger partial charge is 0.329 e. The van der Waals surface area contributed by atoms with E-state index in [-0.39, 0.29) is 24.3 Å². The second kappa shape index (κ2) is 9.82. The number of hydrogen-bond acceptors (Lipinski definition) is 4. The van der Waals surface area contributed by atoms with Crippen molar-refractivity contribution in [1.82, 2.24) is 10.2 Å². The van der Waals surface area contributed by atoms with Gasteiger partial charge >= 0.3 is 6.03 Å². The van der Waals surface area contributed by atoms with Crippen LogP contribution in [0.25, 0.3) is 6.08 Å². The summed E-state index contributed by atoms with van der Waals surface area (Å²) in [7, 11) is 1.58. The number of carbonyl (C=O) groups is 2. The first-order valence-corrected chi connectivity index (χ1v) is 11.3. The van der Waals surface area contributed by atoms with Crippen LogP contribution < -0.4 is 14.8 Å². The maximum absolute atomic E-state index is 12.8. The number of halogens is 2. The van der Waals surface area contributed by atoms with Crippen LogP contribution in [0.5, 0.6) is 11.5 Å². The van der Waals surface area contributed by atoms with Gasteiger partial charge in [0.1, 0.15) is 5.70 Å². The molecule has 158 valence electrons. The molecule has 8 heteroatoms. The van der Waals surface area contributed by atoms with E-state index in [1.807, 2.05) is 37.3 Å². The Bertz CT molecular complexity index is 991. The van der Waals surface area contributed by atoms with Gasteiger partial charge in [0.2, 0.25) is 0 Å². The molecule has 1 aliphatic rings. The second-order valence-electron chi connectivity index (χ2n) is 6.88. The normalized spacial score (nSPS) is 16.0. The zero-order valence-corrected chi connectivity index (χ0v) is 20.6. The van der Waals surface area contributed by atoms with Crippen molar-refractivity contribution in [3.05, 3.63) is 61.3 Å². The Kier molecular flexibility index (Phi) is 7.41. The Morgan fingerprint density at radius 2 is 1.93 bits per heavy atom. The molecule has 0 saturated carbocycles. The number of imide groups is 1. The van der Waals surface area contributed by atoms with E-state index in [1.54, 1.807) is 19.3 Å². The van der Waals surface area contributed by atoms with Crippen LogP contribution in [0.15, 0.2) is 46.6 Å². The van der Waals surface area contributed by atoms with Crippen LogP contribution in [0.1, 0.15) is 31.4 Å². The summed E-state index contributed by atoms with van der Waals surface area (Å²) in [5, 5.41) is 2.66. The summed E-state index contributed by atoms with van der Waals surface area (Å²) in [4.78, 5) is 26.3. The van der Waals surface area contributed by atoms with Gasteiger partial charge in [0, 0.05) is 4.47 Å². The van der Waals surface area contributed by atoms with Crippen molar-refractivity contribution < 1.29 is 19.1 Å². The van der Waals surface area contributed by atoms with E-state index in [2.05, 4.69) is 50.8 Å². The molecular formula is C22H22BrIN2O4. The quantitative estimate of drug-likeness (QED) is 0.271. The minimum Gasteiger partial charge on any atom is -0.493 e. The van der Waals surface area contributed by atoms with Crippen LogP contribution in [0, 0.1) is 3.57 Å². The number of carbonyl (C=O) groups excluding carboxylic acids is 2. The van der Waals surface area contributed by atoms with E-state index in [1.165, 1.54) is 4.90 Å². The van der Waals surface area contributed by atoms with E-state index >= 15 is 0 Å². The molecule has 1 N–H and O–H groups in total. The number of amides is 3. The summed E-state index contributed by atoms with van der Waals surface area (Å²) >= 11 is 5.56. The van der Waals surface area contributed by atoms with Crippen LogP contribution in [-0.4, -0.2) is 30.1 Å². The van der Waals surface area contributed by atoms with Gasteiger partial charge in [0.25, 0.3) is 5.91 Å². The third kappa shape index (κ3) is 5.15. The van der Waals surface area contributed by atoms with Gasteiger partial charge in [-0.05, 0) is 77.4 Å². The topological polar surface area (TPSA) is 67.9 Å². The predicted octanol–water partition coefficient (Wildman–Crippen LogP) is 5.33. The Morgan fingerprint density at radius 3 is 2.57 bits per heavy atom. The molecule has 0 aromatic heterocycles. The third-order valence-corrected chi connectivity index (χ3v) is 6.00. The molecule has 1 atom stereocenters. The summed E-state index contributed by atoms with van der Waals surface area (Å²) in [6, 6.07) is 10.7. The van der Waals surface area contributed by atoms with E-state index < -0.39 is 6.03 Å². The number of benzene rings is 2. The second-order valence-corrected chi connectivity index (χ2v) is 8.95. The molecule has 30 heavy (non-hydrogen) atoms. The maximum atomic E-state index is 12.8. The van der Waals surface area contributed by atoms with Crippen molar-refractivity contribution in [2.45, 2.75) is 32.9 Å². The average molecular weight is 585 g/mol. The SMILES string of the molecule is CCC(C)Oc1c(I)cc(/C=C2\NC(=O)N(Cc3ccc(Br)cc3)C2=O)cc1OC. The lowest BCUT2D eigenvalue weighted by molar-refractivity contribution is -0.123. The lowest BCUT2D eigenvalue weighted by atomic mass is 10.1. The molecule has 1 unspecified atom stereocenters. The largest absolute Gasteiger partial charge is 0.493 e. The first-order valence-electron chi connectivity index (χ1n) is 9.45. The molecule has 3 rings (SSSR count). The summed E-state index contributed by atoms with van der Waals surface area (Å²) in [6.07, 6.45) is 2.58. The summed E-state index contributed by atoms with van der Waals surface area (Å²) in [5.74, 6) is 0.891. The van der Waals surface area contributed by atoms with Gasteiger partial charge in [0.15, 0.2) is 11.5 Å². The fourth-order valence-electron chi connectivity index (χ4n) is 2.88. The maximum Gasteiger partial charge on any atom is 0.329 e. The lowest BCUT2D eigenvalue weighted by Crippen LogP contribution is -2.30. The predicted molar refractivity (Wildman–Crippen MR) is 127 cm³/mol. The van der Waals surface area contributed by atoms with Gasteiger partial charge in [-0.1, -0.05) is 35.0 Å². The highest BCUT2D eigenvalue weighted by Crippen LogP contribution is 2.35. The number of methoxy groups -OCH3 is 1. The summed E-state index contributed by atoms with van der Waals surface area (Å²) in [6.45, 7) is 4.26. The first kappa shape index (κ1) is 22.6. The molecule has 0 aliphatic carbocycles. The van der Waals surface area contributed by atoms with Gasteiger partial charge in [-0.15, -0.1) is 0 Å². The van der Waals surface area contributed by atoms with Crippen LogP contribution >= 0.6 is 38.5 Å². The summed E-state index contributed by atoms with van der Waals surface area (Å²) < 4.78 is 13.3. The number of urea groups is 1. The number of ether oxygens (including phenoxy) is 2. The lowest BCUT2D eigenvalue weighted by Gasteiger charge is -2.17. The van der Waals surface area contributed by atoms with Crippen molar-refractivity contribution in [2.75, 3.05) is 7.11 Å². The van der Waals surface area contributed by atoms with E-state index in [9.17, 15) is 9.59 Å². The highest BCUT2D eigenvalue weighted by atomic mass is 127. The van der Waals surface area contributed by atoms with Gasteiger partial charge in [-0.2, -0.15) is 0 Å². The fourth-order valence-corrected chi connectivity index (χ4v) is 3.89. The van der Waals surface area contributed by atoms with Crippen LogP contribution in [0.4, 0.5) is 4.79 Å². The first-order chi connectivity index (χ1) is 14.3. The number of hydrogen-bond donors (Lipinski definition) is 1. The Morgan fingerprint density at radius 1 is 1.23 bits per heavy atom. The molecule has 2 aromatic carbocycles. The number of rotatable bonds is 7. The zero-order valence-electron chi connectivity index (χ0n) is 16.9. The highest BCUT2D eigenvalue weighted by molar-refractivity contribution is 14.1. The molecule has 1 heterocycles. The van der Waals surface area contributed by atoms with Crippen LogP contribution in [0.2, 0.25) is 0 Å². The van der Waals surface area contributed by atoms with Gasteiger partial charge in [0.05, 0.1) is 23.3 Å². The third-order valence-electron chi connectivity index (χ3n) is 4.67. The Hall–Kier alpha value is -2.07. The monoisotopic (exact) mass is 584 g/mol. The minimum atomic E-state index is -0.437. The molecule has 2 aromatic rings. The van der Waals surface area contributed by atoms with Crippen molar-refractivity contribution in [3.8, 4) is 11.5 Å². The van der Waals surface area contributed by atoms with Crippen molar-refractivity contribution in [1.29, 1.82) is 0 Å². The molecule has 0 bridgehead atoms. The number of nitrogens with zero attached hydrogens (tertiary/aromatic N) is 1. The molecule has 1 saturated heterocycles. The Balaban J connectivity index is 1.84. The van der Waals surface area contributed by atoms with E-state index in [0.29, 0.717) is 11.5 Å². The standard InChI is InChI=1S/C22H22BrIN2O4/c1-4-13(2)30-20-17(24)9-15(11-19(20)29-3)10-18-21(27)26(22(28)25-18)12-14-5-7-16(23)8-6-14/h5-11,13H,4,12H2,1-3H3,(H,25,28)/b18-10-. The van der Waals surface area contributed by atoms with Crippen molar-refractivity contribution in [3.63, 3.8) is 0 Å². The van der Waals surface area contributed by atoms with Gasteiger partial charge in [-0.25, -0.2) is 4.79 Å². The van der Waals surface area contributed by atoms with Crippen molar-refractivity contribution in [2.24, 2.45) is 0 Å². The fraction of sp³-hybridized carbons (Fsp3) is 0.273.